The molecule has 1 rings (SSSR count). The molecule has 0 aromatic heterocycles. The van der Waals surface area contributed by atoms with E-state index >= 15 is 0 Å². The van der Waals surface area contributed by atoms with E-state index in [0.29, 0.717) is 0 Å². The number of hydrogen-bond donors (Lipinski definition) is 1. The molecule has 0 fully saturated rings. The SMILES string of the molecule is CCN(C)CCNCC(C)(C)c1ccccc1. The Morgan fingerprint density at radius 1 is 1.18 bits per heavy atom. The van der Waals surface area contributed by atoms with Crippen molar-refractivity contribution in [1.29, 1.82) is 0 Å². The Balaban J connectivity index is 2.35. The number of nitrogens with one attached hydrogen (secondary N) is 1. The highest BCUT2D eigenvalue weighted by molar-refractivity contribution is 5.23. The molecule has 1 N–H and O–H groups in total. The van der Waals surface area contributed by atoms with Crippen LogP contribution in [0, 0.1) is 0 Å². The second-order valence-corrected chi connectivity index (χ2v) is 5.32. The third-order valence-corrected chi connectivity index (χ3v) is 3.33. The first kappa shape index (κ1) is 14.2. The molecule has 96 valence electrons. The minimum atomic E-state index is 0.200. The van der Waals surface area contributed by atoms with Crippen molar-refractivity contribution in [3.05, 3.63) is 35.9 Å². The first-order valence-electron chi connectivity index (χ1n) is 6.51. The molecule has 2 nitrogen and oxygen atoms in total. The number of rotatable bonds is 7. The summed E-state index contributed by atoms with van der Waals surface area (Å²) in [5, 5.41) is 3.55. The molecular weight excluding hydrogens is 208 g/mol. The van der Waals surface area contributed by atoms with Crippen molar-refractivity contribution >= 4 is 0 Å². The quantitative estimate of drug-likeness (QED) is 0.729. The van der Waals surface area contributed by atoms with Crippen LogP contribution in [-0.4, -0.2) is 38.1 Å². The van der Waals surface area contributed by atoms with Crippen molar-refractivity contribution in [2.75, 3.05) is 33.2 Å². The van der Waals surface area contributed by atoms with Crippen LogP contribution in [0.25, 0.3) is 0 Å². The van der Waals surface area contributed by atoms with E-state index in [2.05, 4.69) is 68.4 Å². The van der Waals surface area contributed by atoms with Crippen LogP contribution in [0.3, 0.4) is 0 Å². The Kier molecular flexibility index (Phi) is 5.66. The van der Waals surface area contributed by atoms with Crippen molar-refractivity contribution in [3.63, 3.8) is 0 Å². The Bertz CT molecular complexity index is 306. The summed E-state index contributed by atoms with van der Waals surface area (Å²) >= 11 is 0. The molecule has 0 saturated carbocycles. The Morgan fingerprint density at radius 3 is 2.41 bits per heavy atom. The van der Waals surface area contributed by atoms with Gasteiger partial charge in [-0.3, -0.25) is 0 Å². The monoisotopic (exact) mass is 234 g/mol. The summed E-state index contributed by atoms with van der Waals surface area (Å²) in [7, 11) is 2.16. The predicted octanol–water partition coefficient (Wildman–Crippen LogP) is 2.51. The fraction of sp³-hybridized carbons (Fsp3) is 0.600. The highest BCUT2D eigenvalue weighted by atomic mass is 15.1. The summed E-state index contributed by atoms with van der Waals surface area (Å²) in [5.41, 5.74) is 1.60. The Hall–Kier alpha value is -0.860. The lowest BCUT2D eigenvalue weighted by molar-refractivity contribution is 0.340. The van der Waals surface area contributed by atoms with Crippen LogP contribution >= 0.6 is 0 Å². The number of hydrogen-bond acceptors (Lipinski definition) is 2. The van der Waals surface area contributed by atoms with E-state index in [-0.39, 0.29) is 5.41 Å². The summed E-state index contributed by atoms with van der Waals surface area (Å²) in [6.07, 6.45) is 0. The Morgan fingerprint density at radius 2 is 1.82 bits per heavy atom. The van der Waals surface area contributed by atoms with Gasteiger partial charge in [-0.2, -0.15) is 0 Å². The molecular formula is C15H26N2. The summed E-state index contributed by atoms with van der Waals surface area (Å²) in [5.74, 6) is 0. The first-order valence-corrected chi connectivity index (χ1v) is 6.51. The van der Waals surface area contributed by atoms with Crippen LogP contribution < -0.4 is 5.32 Å². The summed E-state index contributed by atoms with van der Waals surface area (Å²) < 4.78 is 0. The third kappa shape index (κ3) is 4.88. The lowest BCUT2D eigenvalue weighted by Gasteiger charge is -2.26. The van der Waals surface area contributed by atoms with Gasteiger partial charge in [-0.05, 0) is 19.2 Å². The van der Waals surface area contributed by atoms with E-state index in [9.17, 15) is 0 Å². The second kappa shape index (κ2) is 6.77. The molecule has 0 heterocycles. The van der Waals surface area contributed by atoms with Crippen LogP contribution in [0.2, 0.25) is 0 Å². The molecule has 17 heavy (non-hydrogen) atoms. The second-order valence-electron chi connectivity index (χ2n) is 5.32. The minimum absolute atomic E-state index is 0.200. The predicted molar refractivity (Wildman–Crippen MR) is 75.5 cm³/mol. The van der Waals surface area contributed by atoms with Gasteiger partial charge < -0.3 is 10.2 Å². The average Bonchev–Trinajstić information content (AvgIpc) is 2.35. The molecule has 0 saturated heterocycles. The smallest absolute Gasteiger partial charge is 0.0104 e. The number of benzene rings is 1. The number of nitrogens with zero attached hydrogens (tertiary/aromatic N) is 1. The van der Waals surface area contributed by atoms with E-state index < -0.39 is 0 Å². The average molecular weight is 234 g/mol. The van der Waals surface area contributed by atoms with Gasteiger partial charge in [0.05, 0.1) is 0 Å². The van der Waals surface area contributed by atoms with E-state index in [1.54, 1.807) is 0 Å². The molecule has 0 aliphatic rings. The maximum Gasteiger partial charge on any atom is 0.0104 e. The highest BCUT2D eigenvalue weighted by Gasteiger charge is 2.19. The first-order chi connectivity index (χ1) is 8.06. The zero-order chi connectivity index (χ0) is 12.7. The van der Waals surface area contributed by atoms with Gasteiger partial charge in [-0.1, -0.05) is 51.1 Å². The van der Waals surface area contributed by atoms with Crippen molar-refractivity contribution in [2.24, 2.45) is 0 Å². The van der Waals surface area contributed by atoms with Gasteiger partial charge in [0, 0.05) is 25.0 Å². The zero-order valence-electron chi connectivity index (χ0n) is 11.7. The molecule has 2 heteroatoms. The minimum Gasteiger partial charge on any atom is -0.315 e. The van der Waals surface area contributed by atoms with E-state index in [0.717, 1.165) is 26.2 Å². The summed E-state index contributed by atoms with van der Waals surface area (Å²) in [4.78, 5) is 2.32. The maximum atomic E-state index is 3.55. The number of likely N-dealkylation sites (N-methyl/N-ethyl adjacent to an activating group) is 1. The topological polar surface area (TPSA) is 15.3 Å². The van der Waals surface area contributed by atoms with Crippen LogP contribution in [-0.2, 0) is 5.41 Å². The van der Waals surface area contributed by atoms with Gasteiger partial charge in [-0.25, -0.2) is 0 Å². The molecule has 0 unspecified atom stereocenters. The standard InChI is InChI=1S/C15H26N2/c1-5-17(4)12-11-16-13-15(2,3)14-9-7-6-8-10-14/h6-10,16H,5,11-13H2,1-4H3. The normalized spacial score (nSPS) is 12.1. The summed E-state index contributed by atoms with van der Waals surface area (Å²) in [6, 6.07) is 10.7. The van der Waals surface area contributed by atoms with Crippen LogP contribution in [0.5, 0.6) is 0 Å². The van der Waals surface area contributed by atoms with Gasteiger partial charge in [0.25, 0.3) is 0 Å². The van der Waals surface area contributed by atoms with Crippen LogP contribution in [0.4, 0.5) is 0 Å². The lowest BCUT2D eigenvalue weighted by atomic mass is 9.85. The van der Waals surface area contributed by atoms with Gasteiger partial charge in [-0.15, -0.1) is 0 Å². The van der Waals surface area contributed by atoms with E-state index in [4.69, 9.17) is 0 Å². The van der Waals surface area contributed by atoms with Crippen molar-refractivity contribution in [3.8, 4) is 0 Å². The molecule has 0 aliphatic carbocycles. The lowest BCUT2D eigenvalue weighted by Crippen LogP contribution is -2.37. The Labute approximate surface area is 106 Å². The maximum absolute atomic E-state index is 3.55. The molecule has 0 radical (unpaired) electrons. The van der Waals surface area contributed by atoms with Crippen LogP contribution in [0.1, 0.15) is 26.3 Å². The van der Waals surface area contributed by atoms with Gasteiger partial charge in [0.1, 0.15) is 0 Å². The molecule has 0 amide bonds. The van der Waals surface area contributed by atoms with Gasteiger partial charge in [0.15, 0.2) is 0 Å². The van der Waals surface area contributed by atoms with Gasteiger partial charge >= 0.3 is 0 Å². The van der Waals surface area contributed by atoms with E-state index in [1.165, 1.54) is 5.56 Å². The van der Waals surface area contributed by atoms with Crippen molar-refractivity contribution in [1.82, 2.24) is 10.2 Å². The zero-order valence-corrected chi connectivity index (χ0v) is 11.7. The highest BCUT2D eigenvalue weighted by Crippen LogP contribution is 2.21. The molecule has 0 atom stereocenters. The van der Waals surface area contributed by atoms with Crippen molar-refractivity contribution in [2.45, 2.75) is 26.2 Å². The van der Waals surface area contributed by atoms with E-state index in [1.807, 2.05) is 0 Å². The largest absolute Gasteiger partial charge is 0.315 e. The molecule has 0 bridgehead atoms. The molecule has 0 aliphatic heterocycles. The molecule has 1 aromatic rings. The molecule has 0 spiro atoms. The molecule has 1 aromatic carbocycles. The van der Waals surface area contributed by atoms with Crippen LogP contribution in [0.15, 0.2) is 30.3 Å². The fourth-order valence-electron chi connectivity index (χ4n) is 1.82. The van der Waals surface area contributed by atoms with Gasteiger partial charge in [0.2, 0.25) is 0 Å². The third-order valence-electron chi connectivity index (χ3n) is 3.33. The summed E-state index contributed by atoms with van der Waals surface area (Å²) in [6.45, 7) is 11.1. The van der Waals surface area contributed by atoms with Crippen molar-refractivity contribution < 1.29 is 0 Å². The fourth-order valence-corrected chi connectivity index (χ4v) is 1.82.